The minimum atomic E-state index is -3.60. The van der Waals surface area contributed by atoms with Gasteiger partial charge in [0.2, 0.25) is 10.0 Å². The maximum absolute atomic E-state index is 12.5. The molecule has 0 spiro atoms. The molecule has 0 saturated heterocycles. The van der Waals surface area contributed by atoms with Crippen LogP contribution in [0.2, 0.25) is 0 Å². The highest BCUT2D eigenvalue weighted by Gasteiger charge is 2.23. The van der Waals surface area contributed by atoms with Crippen molar-refractivity contribution in [2.24, 2.45) is 12.8 Å². The van der Waals surface area contributed by atoms with E-state index in [0.717, 1.165) is 11.1 Å². The lowest BCUT2D eigenvalue weighted by Gasteiger charge is -2.10. The Hall–Kier alpha value is -1.70. The fourth-order valence-corrected chi connectivity index (χ4v) is 3.76. The highest BCUT2D eigenvalue weighted by atomic mass is 32.2. The molecule has 1 aromatic carbocycles. The monoisotopic (exact) mass is 308 g/mol. The van der Waals surface area contributed by atoms with E-state index in [1.165, 1.54) is 0 Å². The van der Waals surface area contributed by atoms with Gasteiger partial charge in [-0.1, -0.05) is 24.3 Å². The van der Waals surface area contributed by atoms with Crippen LogP contribution in [0.3, 0.4) is 0 Å². The van der Waals surface area contributed by atoms with E-state index in [-0.39, 0.29) is 11.4 Å². The zero-order valence-corrected chi connectivity index (χ0v) is 13.2. The van der Waals surface area contributed by atoms with E-state index in [9.17, 15) is 8.42 Å². The van der Waals surface area contributed by atoms with Crippen LogP contribution in [0.25, 0.3) is 0 Å². The van der Waals surface area contributed by atoms with Gasteiger partial charge in [-0.3, -0.25) is 4.68 Å². The van der Waals surface area contributed by atoms with Crippen molar-refractivity contribution in [1.82, 2.24) is 14.5 Å². The molecule has 2 aromatic rings. The Bertz CT molecular complexity index is 750. The fraction of sp³-hybridized carbons (Fsp3) is 0.357. The molecule has 7 heteroatoms. The molecule has 21 heavy (non-hydrogen) atoms. The van der Waals surface area contributed by atoms with Crippen molar-refractivity contribution >= 4 is 10.0 Å². The maximum atomic E-state index is 12.5. The number of aryl methyl sites for hydroxylation is 2. The molecule has 0 radical (unpaired) electrons. The predicted molar refractivity (Wildman–Crippen MR) is 81.0 cm³/mol. The molecular formula is C14H20N4O2S. The average Bonchev–Trinajstić information content (AvgIpc) is 2.70. The van der Waals surface area contributed by atoms with Crippen molar-refractivity contribution in [3.63, 3.8) is 0 Å². The highest BCUT2D eigenvalue weighted by Crippen LogP contribution is 2.19. The first-order chi connectivity index (χ1) is 9.86. The van der Waals surface area contributed by atoms with E-state index in [1.54, 1.807) is 25.6 Å². The lowest BCUT2D eigenvalue weighted by atomic mass is 10.1. The van der Waals surface area contributed by atoms with Crippen molar-refractivity contribution in [2.75, 3.05) is 0 Å². The minimum absolute atomic E-state index is 0.212. The number of aromatic nitrogens is 2. The molecule has 6 nitrogen and oxygen atoms in total. The van der Waals surface area contributed by atoms with Crippen LogP contribution in [-0.2, 0) is 30.2 Å². The second-order valence-corrected chi connectivity index (χ2v) is 6.62. The van der Waals surface area contributed by atoms with Crippen molar-refractivity contribution in [3.05, 3.63) is 46.8 Å². The molecule has 0 saturated carbocycles. The topological polar surface area (TPSA) is 90.0 Å². The molecular weight excluding hydrogens is 288 g/mol. The van der Waals surface area contributed by atoms with Crippen molar-refractivity contribution in [3.8, 4) is 0 Å². The van der Waals surface area contributed by atoms with Crippen LogP contribution in [0.1, 0.15) is 22.5 Å². The molecule has 0 aliphatic heterocycles. The van der Waals surface area contributed by atoms with Gasteiger partial charge in [-0.05, 0) is 25.0 Å². The van der Waals surface area contributed by atoms with Gasteiger partial charge in [-0.15, -0.1) is 0 Å². The first kappa shape index (κ1) is 15.7. The summed E-state index contributed by atoms with van der Waals surface area (Å²) in [4.78, 5) is 0.246. The summed E-state index contributed by atoms with van der Waals surface area (Å²) in [5.74, 6) is 0. The van der Waals surface area contributed by atoms with Gasteiger partial charge in [0.05, 0.1) is 11.4 Å². The van der Waals surface area contributed by atoms with Gasteiger partial charge in [-0.2, -0.15) is 5.10 Å². The molecule has 114 valence electrons. The molecule has 1 aromatic heterocycles. The van der Waals surface area contributed by atoms with Crippen molar-refractivity contribution < 1.29 is 8.42 Å². The number of hydrogen-bond acceptors (Lipinski definition) is 4. The summed E-state index contributed by atoms with van der Waals surface area (Å²) in [7, 11) is -1.87. The van der Waals surface area contributed by atoms with E-state index >= 15 is 0 Å². The maximum Gasteiger partial charge on any atom is 0.244 e. The molecule has 1 heterocycles. The predicted octanol–water partition coefficient (Wildman–Crippen LogP) is 0.974. The third-order valence-corrected chi connectivity index (χ3v) is 5.15. The summed E-state index contributed by atoms with van der Waals surface area (Å²) in [5.41, 5.74) is 8.58. The average molecular weight is 308 g/mol. The van der Waals surface area contributed by atoms with Crippen LogP contribution >= 0.6 is 0 Å². The van der Waals surface area contributed by atoms with Crippen LogP contribution in [-0.4, -0.2) is 18.2 Å². The number of nitrogens with zero attached hydrogens (tertiary/aromatic N) is 2. The van der Waals surface area contributed by atoms with E-state index in [4.69, 9.17) is 5.73 Å². The standard InChI is InChI=1S/C14H20N4O2S/c1-10-14(11(2)18(3)17-10)21(19,20)16-9-13-7-5-4-6-12(13)8-15/h4-7,16H,8-9,15H2,1-3H3. The molecule has 3 N–H and O–H groups in total. The largest absolute Gasteiger partial charge is 0.326 e. The summed E-state index contributed by atoms with van der Waals surface area (Å²) >= 11 is 0. The molecule has 0 aliphatic rings. The van der Waals surface area contributed by atoms with Gasteiger partial charge in [-0.25, -0.2) is 13.1 Å². The third-order valence-electron chi connectivity index (χ3n) is 3.50. The summed E-state index contributed by atoms with van der Waals surface area (Å²) < 4.78 is 29.1. The number of benzene rings is 1. The first-order valence-corrected chi connectivity index (χ1v) is 8.12. The SMILES string of the molecule is Cc1nn(C)c(C)c1S(=O)(=O)NCc1ccccc1CN. The molecule has 0 fully saturated rings. The fourth-order valence-electron chi connectivity index (χ4n) is 2.32. The lowest BCUT2D eigenvalue weighted by Crippen LogP contribution is -2.25. The van der Waals surface area contributed by atoms with Crippen molar-refractivity contribution in [2.45, 2.75) is 31.8 Å². The van der Waals surface area contributed by atoms with Crippen LogP contribution in [0.5, 0.6) is 0 Å². The number of sulfonamides is 1. The smallest absolute Gasteiger partial charge is 0.244 e. The Kier molecular flexibility index (Phi) is 4.46. The number of nitrogens with two attached hydrogens (primary N) is 1. The van der Waals surface area contributed by atoms with Crippen LogP contribution < -0.4 is 10.5 Å². The quantitative estimate of drug-likeness (QED) is 0.861. The summed E-state index contributed by atoms with van der Waals surface area (Å²) in [6, 6.07) is 7.51. The zero-order valence-electron chi connectivity index (χ0n) is 12.4. The Balaban J connectivity index is 2.26. The van der Waals surface area contributed by atoms with Gasteiger partial charge < -0.3 is 5.73 Å². The Labute approximate surface area is 125 Å². The zero-order chi connectivity index (χ0) is 15.6. The molecule has 0 bridgehead atoms. The second kappa shape index (κ2) is 5.97. The molecule has 0 amide bonds. The summed E-state index contributed by atoms with van der Waals surface area (Å²) in [5, 5.41) is 4.14. The Morgan fingerprint density at radius 2 is 1.86 bits per heavy atom. The first-order valence-electron chi connectivity index (χ1n) is 6.63. The second-order valence-electron chi connectivity index (χ2n) is 4.92. The summed E-state index contributed by atoms with van der Waals surface area (Å²) in [6.07, 6.45) is 0. The Morgan fingerprint density at radius 1 is 1.24 bits per heavy atom. The van der Waals surface area contributed by atoms with Gasteiger partial charge in [0.25, 0.3) is 0 Å². The van der Waals surface area contributed by atoms with E-state index in [1.807, 2.05) is 24.3 Å². The number of hydrogen-bond donors (Lipinski definition) is 2. The lowest BCUT2D eigenvalue weighted by molar-refractivity contribution is 0.579. The number of rotatable bonds is 5. The van der Waals surface area contributed by atoms with Crippen LogP contribution in [0.4, 0.5) is 0 Å². The van der Waals surface area contributed by atoms with Crippen molar-refractivity contribution in [1.29, 1.82) is 0 Å². The molecule has 0 unspecified atom stereocenters. The third kappa shape index (κ3) is 3.15. The minimum Gasteiger partial charge on any atom is -0.326 e. The number of nitrogens with one attached hydrogen (secondary N) is 1. The van der Waals surface area contributed by atoms with Gasteiger partial charge >= 0.3 is 0 Å². The molecule has 2 rings (SSSR count). The molecule has 0 atom stereocenters. The van der Waals surface area contributed by atoms with Crippen LogP contribution in [0.15, 0.2) is 29.2 Å². The molecule has 0 aliphatic carbocycles. The van der Waals surface area contributed by atoms with E-state index < -0.39 is 10.0 Å². The summed E-state index contributed by atoms with van der Waals surface area (Å²) in [6.45, 7) is 4.02. The van der Waals surface area contributed by atoms with E-state index in [2.05, 4.69) is 9.82 Å². The van der Waals surface area contributed by atoms with Crippen LogP contribution in [0, 0.1) is 13.8 Å². The highest BCUT2D eigenvalue weighted by molar-refractivity contribution is 7.89. The van der Waals surface area contributed by atoms with Gasteiger partial charge in [0, 0.05) is 20.1 Å². The van der Waals surface area contributed by atoms with Gasteiger partial charge in [0.15, 0.2) is 0 Å². The normalized spacial score (nSPS) is 11.8. The van der Waals surface area contributed by atoms with Gasteiger partial charge in [0.1, 0.15) is 4.90 Å². The Morgan fingerprint density at radius 3 is 2.38 bits per heavy atom. The van der Waals surface area contributed by atoms with E-state index in [0.29, 0.717) is 17.9 Å².